The van der Waals surface area contributed by atoms with Crippen LogP contribution in [0.15, 0.2) is 23.4 Å². The molecule has 0 bridgehead atoms. The van der Waals surface area contributed by atoms with Crippen LogP contribution in [0.1, 0.15) is 26.2 Å². The van der Waals surface area contributed by atoms with Gasteiger partial charge in [-0.3, -0.25) is 4.79 Å². The van der Waals surface area contributed by atoms with Gasteiger partial charge in [-0.2, -0.15) is 4.31 Å². The van der Waals surface area contributed by atoms with Crippen LogP contribution in [-0.2, 0) is 14.8 Å². The summed E-state index contributed by atoms with van der Waals surface area (Å²) in [5.41, 5.74) is -0.894. The summed E-state index contributed by atoms with van der Waals surface area (Å²) in [6.45, 7) is 1.88. The molecular weight excluding hydrogens is 299 g/mol. The Morgan fingerprint density at radius 3 is 2.57 bits per heavy atom. The highest BCUT2D eigenvalue weighted by atomic mass is 32.2. The normalized spacial score (nSPS) is 19.3. The van der Waals surface area contributed by atoms with Crippen LogP contribution in [-0.4, -0.2) is 41.9 Å². The molecular formula is C13H17FN2O4S. The van der Waals surface area contributed by atoms with Crippen LogP contribution in [0.25, 0.3) is 0 Å². The number of nitrogens with zero attached hydrogens (tertiary/aromatic N) is 2. The summed E-state index contributed by atoms with van der Waals surface area (Å²) in [7, 11) is -4.02. The van der Waals surface area contributed by atoms with Gasteiger partial charge in [-0.05, 0) is 31.4 Å². The van der Waals surface area contributed by atoms with Gasteiger partial charge in [-0.1, -0.05) is 6.92 Å². The number of rotatable bonds is 4. The summed E-state index contributed by atoms with van der Waals surface area (Å²) in [5, 5.41) is 8.69. The molecule has 1 aromatic rings. The molecule has 2 heterocycles. The van der Waals surface area contributed by atoms with E-state index in [0.29, 0.717) is 6.42 Å². The minimum atomic E-state index is -4.02. The summed E-state index contributed by atoms with van der Waals surface area (Å²) in [6.07, 6.45) is 2.08. The molecule has 0 saturated carbocycles. The lowest BCUT2D eigenvalue weighted by atomic mass is 9.77. The zero-order valence-corrected chi connectivity index (χ0v) is 12.4. The van der Waals surface area contributed by atoms with Crippen molar-refractivity contribution in [2.75, 3.05) is 13.1 Å². The van der Waals surface area contributed by atoms with Gasteiger partial charge in [0.15, 0.2) is 5.82 Å². The Kier molecular flexibility index (Phi) is 4.29. The molecule has 8 heteroatoms. The van der Waals surface area contributed by atoms with Gasteiger partial charge in [0, 0.05) is 19.3 Å². The number of pyridine rings is 1. The van der Waals surface area contributed by atoms with Gasteiger partial charge in [0.2, 0.25) is 5.03 Å². The van der Waals surface area contributed by atoms with Gasteiger partial charge in [-0.25, -0.2) is 17.8 Å². The standard InChI is InChI=1S/C13H17FN2O4S/c1-2-13(12(17)18)5-8-16(9-6-13)21(19,20)11-10(14)4-3-7-15-11/h3-4,7H,2,5-6,8-9H2,1H3,(H,17,18). The minimum absolute atomic E-state index is 0.0541. The average molecular weight is 316 g/mol. The molecule has 6 nitrogen and oxygen atoms in total. The van der Waals surface area contributed by atoms with Crippen LogP contribution in [0.4, 0.5) is 4.39 Å². The topological polar surface area (TPSA) is 87.6 Å². The predicted octanol–water partition coefficient (Wildman–Crippen LogP) is 1.49. The van der Waals surface area contributed by atoms with Gasteiger partial charge in [0.05, 0.1) is 5.41 Å². The molecule has 0 radical (unpaired) electrons. The van der Waals surface area contributed by atoms with Crippen molar-refractivity contribution < 1.29 is 22.7 Å². The van der Waals surface area contributed by atoms with Crippen LogP contribution < -0.4 is 0 Å². The Morgan fingerprint density at radius 1 is 1.48 bits per heavy atom. The molecule has 0 aromatic carbocycles. The van der Waals surface area contributed by atoms with Gasteiger partial charge < -0.3 is 5.11 Å². The van der Waals surface area contributed by atoms with Crippen LogP contribution in [0.3, 0.4) is 0 Å². The first-order valence-electron chi connectivity index (χ1n) is 6.67. The van der Waals surface area contributed by atoms with Gasteiger partial charge in [0.25, 0.3) is 10.0 Å². The number of halogens is 1. The number of aliphatic carboxylic acids is 1. The number of hydrogen-bond donors (Lipinski definition) is 1. The van der Waals surface area contributed by atoms with Crippen molar-refractivity contribution in [2.45, 2.75) is 31.2 Å². The highest BCUT2D eigenvalue weighted by Gasteiger charge is 2.43. The second-order valence-electron chi connectivity index (χ2n) is 5.13. The zero-order chi connectivity index (χ0) is 15.7. The lowest BCUT2D eigenvalue weighted by molar-refractivity contribution is -0.151. The van der Waals surface area contributed by atoms with E-state index in [1.807, 2.05) is 0 Å². The van der Waals surface area contributed by atoms with Crippen molar-refractivity contribution in [3.05, 3.63) is 24.1 Å². The van der Waals surface area contributed by atoms with Gasteiger partial charge >= 0.3 is 5.97 Å². The molecule has 1 N–H and O–H groups in total. The smallest absolute Gasteiger partial charge is 0.309 e. The van der Waals surface area contributed by atoms with Crippen molar-refractivity contribution in [3.63, 3.8) is 0 Å². The molecule has 0 atom stereocenters. The van der Waals surface area contributed by atoms with Crippen LogP contribution in [0.5, 0.6) is 0 Å². The number of piperidine rings is 1. The molecule has 0 aliphatic carbocycles. The van der Waals surface area contributed by atoms with Gasteiger partial charge in [-0.15, -0.1) is 0 Å². The Morgan fingerprint density at radius 2 is 2.10 bits per heavy atom. The fourth-order valence-electron chi connectivity index (χ4n) is 2.56. The Labute approximate surface area is 122 Å². The first-order chi connectivity index (χ1) is 9.83. The first-order valence-corrected chi connectivity index (χ1v) is 8.11. The van der Waals surface area contributed by atoms with E-state index in [9.17, 15) is 22.7 Å². The molecule has 0 unspecified atom stereocenters. The third-order valence-corrected chi connectivity index (χ3v) is 5.95. The van der Waals surface area contributed by atoms with Crippen LogP contribution in [0.2, 0.25) is 0 Å². The summed E-state index contributed by atoms with van der Waals surface area (Å²) < 4.78 is 39.4. The van der Waals surface area contributed by atoms with E-state index < -0.39 is 32.3 Å². The van der Waals surface area contributed by atoms with E-state index in [2.05, 4.69) is 4.98 Å². The van der Waals surface area contributed by atoms with E-state index >= 15 is 0 Å². The SMILES string of the molecule is CCC1(C(=O)O)CCN(S(=O)(=O)c2ncccc2F)CC1. The number of sulfonamides is 1. The van der Waals surface area contributed by atoms with E-state index in [-0.39, 0.29) is 25.9 Å². The van der Waals surface area contributed by atoms with E-state index in [1.54, 1.807) is 6.92 Å². The lowest BCUT2D eigenvalue weighted by Crippen LogP contribution is -2.46. The number of carboxylic acid groups (broad SMARTS) is 1. The number of hydrogen-bond acceptors (Lipinski definition) is 4. The van der Waals surface area contributed by atoms with Gasteiger partial charge in [0.1, 0.15) is 0 Å². The average Bonchev–Trinajstić information content (AvgIpc) is 2.47. The second-order valence-corrected chi connectivity index (χ2v) is 6.99. The summed E-state index contributed by atoms with van der Waals surface area (Å²) in [6, 6.07) is 2.36. The molecule has 116 valence electrons. The Balaban J connectivity index is 2.23. The maximum atomic E-state index is 13.6. The number of carboxylic acids is 1. The highest BCUT2D eigenvalue weighted by Crippen LogP contribution is 2.36. The number of carbonyl (C=O) groups is 1. The predicted molar refractivity (Wildman–Crippen MR) is 72.5 cm³/mol. The Bertz CT molecular complexity index is 639. The fraction of sp³-hybridized carbons (Fsp3) is 0.538. The van der Waals surface area contributed by atoms with Crippen molar-refractivity contribution in [3.8, 4) is 0 Å². The van der Waals surface area contributed by atoms with E-state index in [1.165, 1.54) is 12.3 Å². The minimum Gasteiger partial charge on any atom is -0.481 e. The van der Waals surface area contributed by atoms with Crippen molar-refractivity contribution >= 4 is 16.0 Å². The van der Waals surface area contributed by atoms with Crippen molar-refractivity contribution in [1.29, 1.82) is 0 Å². The quantitative estimate of drug-likeness (QED) is 0.909. The lowest BCUT2D eigenvalue weighted by Gasteiger charge is -2.37. The molecule has 2 rings (SSSR count). The zero-order valence-electron chi connectivity index (χ0n) is 11.6. The largest absolute Gasteiger partial charge is 0.481 e. The molecule has 1 aliphatic heterocycles. The third kappa shape index (κ3) is 2.77. The van der Waals surface area contributed by atoms with Crippen molar-refractivity contribution in [1.82, 2.24) is 9.29 Å². The fourth-order valence-corrected chi connectivity index (χ4v) is 3.97. The molecule has 1 fully saturated rings. The summed E-state index contributed by atoms with van der Waals surface area (Å²) in [4.78, 5) is 14.9. The molecule has 1 aliphatic rings. The third-order valence-electron chi connectivity index (χ3n) is 4.12. The number of aromatic nitrogens is 1. The molecule has 21 heavy (non-hydrogen) atoms. The maximum Gasteiger partial charge on any atom is 0.309 e. The summed E-state index contributed by atoms with van der Waals surface area (Å²) in [5.74, 6) is -1.81. The van der Waals surface area contributed by atoms with E-state index in [0.717, 1.165) is 10.4 Å². The highest BCUT2D eigenvalue weighted by molar-refractivity contribution is 7.89. The molecule has 1 saturated heterocycles. The second kappa shape index (κ2) is 5.69. The molecule has 0 spiro atoms. The molecule has 1 aromatic heterocycles. The summed E-state index contributed by atoms with van der Waals surface area (Å²) >= 11 is 0. The maximum absolute atomic E-state index is 13.6. The first kappa shape index (κ1) is 15.8. The van der Waals surface area contributed by atoms with Crippen LogP contribution >= 0.6 is 0 Å². The van der Waals surface area contributed by atoms with E-state index in [4.69, 9.17) is 0 Å². The van der Waals surface area contributed by atoms with Crippen molar-refractivity contribution in [2.24, 2.45) is 5.41 Å². The molecule has 0 amide bonds. The monoisotopic (exact) mass is 316 g/mol. The Hall–Kier alpha value is -1.54. The van der Waals surface area contributed by atoms with Crippen LogP contribution in [0, 0.1) is 11.2 Å².